The van der Waals surface area contributed by atoms with E-state index in [1.165, 1.54) is 0 Å². The van der Waals surface area contributed by atoms with Crippen LogP contribution in [-0.4, -0.2) is 16.1 Å². The van der Waals surface area contributed by atoms with E-state index in [-0.39, 0.29) is 11.4 Å². The molecule has 0 radical (unpaired) electrons. The highest BCUT2D eigenvalue weighted by molar-refractivity contribution is 5.94. The molecule has 1 aromatic carbocycles. The Morgan fingerprint density at radius 2 is 2.05 bits per heavy atom. The molecule has 98 valence electrons. The Labute approximate surface area is 109 Å². The molecule has 4 nitrogen and oxygen atoms in total. The van der Waals surface area contributed by atoms with Gasteiger partial charge in [-0.05, 0) is 37.1 Å². The Morgan fingerprint density at radius 1 is 1.32 bits per heavy atom. The van der Waals surface area contributed by atoms with Crippen molar-refractivity contribution in [2.24, 2.45) is 0 Å². The monoisotopic (exact) mass is 260 g/mol. The van der Waals surface area contributed by atoms with Crippen LogP contribution in [0.25, 0.3) is 0 Å². The van der Waals surface area contributed by atoms with Crippen LogP contribution in [0.5, 0.6) is 0 Å². The predicted molar refractivity (Wildman–Crippen MR) is 70.4 cm³/mol. The zero-order valence-electron chi connectivity index (χ0n) is 10.6. The van der Waals surface area contributed by atoms with E-state index in [0.717, 1.165) is 29.1 Å². The van der Waals surface area contributed by atoms with Gasteiger partial charge in [0.1, 0.15) is 17.2 Å². The number of nitrogens with one attached hydrogen (secondary N) is 1. The molecule has 0 fully saturated rings. The molecule has 1 heterocycles. The molecule has 0 aliphatic rings. The molecule has 0 spiro atoms. The topological polar surface area (TPSA) is 62.2 Å². The van der Waals surface area contributed by atoms with Crippen molar-refractivity contribution in [3.8, 4) is 0 Å². The maximum atomic E-state index is 13.0. The summed E-state index contributed by atoms with van der Waals surface area (Å²) in [5.74, 6) is -1.77. The number of aromatic nitrogens is 1. The summed E-state index contributed by atoms with van der Waals surface area (Å²) in [6.07, 6.45) is 0.986. The first-order chi connectivity index (χ1) is 8.97. The standard InChI is InChI=1S/C14H13FN2O2/c1-8-3-4-9(2)12(5-8)17-13-11(14(18)19)6-10(15)7-16-13/h3-7H,1-2H3,(H,16,17)(H,18,19). The molecule has 0 atom stereocenters. The minimum atomic E-state index is -1.22. The highest BCUT2D eigenvalue weighted by atomic mass is 19.1. The number of carboxylic acid groups (broad SMARTS) is 1. The fourth-order valence-electron chi connectivity index (χ4n) is 1.70. The number of rotatable bonds is 3. The number of halogens is 1. The number of pyridine rings is 1. The van der Waals surface area contributed by atoms with E-state index in [1.807, 2.05) is 32.0 Å². The van der Waals surface area contributed by atoms with Crippen LogP contribution in [-0.2, 0) is 0 Å². The van der Waals surface area contributed by atoms with Crippen molar-refractivity contribution in [2.45, 2.75) is 13.8 Å². The van der Waals surface area contributed by atoms with Gasteiger partial charge in [0.25, 0.3) is 0 Å². The fraction of sp³-hybridized carbons (Fsp3) is 0.143. The van der Waals surface area contributed by atoms with E-state index < -0.39 is 11.8 Å². The van der Waals surface area contributed by atoms with Crippen LogP contribution >= 0.6 is 0 Å². The van der Waals surface area contributed by atoms with Crippen LogP contribution in [0.3, 0.4) is 0 Å². The fourth-order valence-corrected chi connectivity index (χ4v) is 1.70. The highest BCUT2D eigenvalue weighted by Gasteiger charge is 2.13. The van der Waals surface area contributed by atoms with Gasteiger partial charge < -0.3 is 10.4 Å². The zero-order chi connectivity index (χ0) is 14.0. The molecule has 1 aromatic heterocycles. The molecule has 0 bridgehead atoms. The molecule has 2 aromatic rings. The van der Waals surface area contributed by atoms with Gasteiger partial charge in [0.05, 0.1) is 6.20 Å². The number of hydrogen-bond acceptors (Lipinski definition) is 3. The van der Waals surface area contributed by atoms with Gasteiger partial charge in [-0.15, -0.1) is 0 Å². The van der Waals surface area contributed by atoms with Crippen LogP contribution in [0.4, 0.5) is 15.9 Å². The van der Waals surface area contributed by atoms with E-state index in [9.17, 15) is 9.18 Å². The first kappa shape index (κ1) is 13.0. The Morgan fingerprint density at radius 3 is 2.74 bits per heavy atom. The Hall–Kier alpha value is -2.43. The van der Waals surface area contributed by atoms with Crippen LogP contribution in [0, 0.1) is 19.7 Å². The third-order valence-electron chi connectivity index (χ3n) is 2.73. The van der Waals surface area contributed by atoms with Crippen molar-refractivity contribution < 1.29 is 14.3 Å². The lowest BCUT2D eigenvalue weighted by Crippen LogP contribution is -2.06. The molecule has 0 saturated carbocycles. The van der Waals surface area contributed by atoms with Gasteiger partial charge >= 0.3 is 5.97 Å². The number of carbonyl (C=O) groups is 1. The van der Waals surface area contributed by atoms with E-state index in [1.54, 1.807) is 0 Å². The molecule has 0 amide bonds. The van der Waals surface area contributed by atoms with Gasteiger partial charge in [-0.1, -0.05) is 12.1 Å². The lowest BCUT2D eigenvalue weighted by atomic mass is 10.1. The summed E-state index contributed by atoms with van der Waals surface area (Å²) in [4.78, 5) is 14.9. The second kappa shape index (κ2) is 5.06. The van der Waals surface area contributed by atoms with Crippen molar-refractivity contribution in [2.75, 3.05) is 5.32 Å². The van der Waals surface area contributed by atoms with Crippen LogP contribution in [0.1, 0.15) is 21.5 Å². The zero-order valence-corrected chi connectivity index (χ0v) is 10.6. The molecule has 0 saturated heterocycles. The van der Waals surface area contributed by atoms with Gasteiger partial charge in [0.15, 0.2) is 0 Å². The van der Waals surface area contributed by atoms with Gasteiger partial charge in [0.2, 0.25) is 0 Å². The van der Waals surface area contributed by atoms with Gasteiger partial charge in [0, 0.05) is 5.69 Å². The molecular formula is C14H13FN2O2. The van der Waals surface area contributed by atoms with E-state index in [2.05, 4.69) is 10.3 Å². The molecule has 19 heavy (non-hydrogen) atoms. The summed E-state index contributed by atoms with van der Waals surface area (Å²) in [6.45, 7) is 3.83. The number of nitrogens with zero attached hydrogens (tertiary/aromatic N) is 1. The first-order valence-corrected chi connectivity index (χ1v) is 5.70. The number of carboxylic acids is 1. The summed E-state index contributed by atoms with van der Waals surface area (Å²) >= 11 is 0. The molecule has 2 rings (SSSR count). The molecule has 0 aliphatic heterocycles. The smallest absolute Gasteiger partial charge is 0.339 e. The quantitative estimate of drug-likeness (QED) is 0.889. The molecule has 0 unspecified atom stereocenters. The summed E-state index contributed by atoms with van der Waals surface area (Å²) in [7, 11) is 0. The van der Waals surface area contributed by atoms with Crippen LogP contribution in [0.2, 0.25) is 0 Å². The molecule has 5 heteroatoms. The van der Waals surface area contributed by atoms with Crippen molar-refractivity contribution >= 4 is 17.5 Å². The van der Waals surface area contributed by atoms with Crippen molar-refractivity contribution in [1.82, 2.24) is 4.98 Å². The Kier molecular flexibility index (Phi) is 3.46. The average molecular weight is 260 g/mol. The lowest BCUT2D eigenvalue weighted by Gasteiger charge is -2.11. The minimum Gasteiger partial charge on any atom is -0.478 e. The van der Waals surface area contributed by atoms with Crippen LogP contribution < -0.4 is 5.32 Å². The van der Waals surface area contributed by atoms with Gasteiger partial charge in [-0.2, -0.15) is 0 Å². The number of aromatic carboxylic acids is 1. The average Bonchev–Trinajstić information content (AvgIpc) is 2.35. The normalized spacial score (nSPS) is 10.3. The van der Waals surface area contributed by atoms with Crippen LogP contribution in [0.15, 0.2) is 30.5 Å². The number of anilines is 2. The maximum absolute atomic E-state index is 13.0. The third-order valence-corrected chi connectivity index (χ3v) is 2.73. The molecule has 0 aliphatic carbocycles. The van der Waals surface area contributed by atoms with Crippen molar-refractivity contribution in [3.05, 3.63) is 53.0 Å². The predicted octanol–water partition coefficient (Wildman–Crippen LogP) is 3.28. The number of hydrogen-bond donors (Lipinski definition) is 2. The largest absolute Gasteiger partial charge is 0.478 e. The molecule has 2 N–H and O–H groups in total. The Bertz CT molecular complexity index is 641. The van der Waals surface area contributed by atoms with Crippen molar-refractivity contribution in [1.29, 1.82) is 0 Å². The van der Waals surface area contributed by atoms with Gasteiger partial charge in [-0.3, -0.25) is 0 Å². The SMILES string of the molecule is Cc1ccc(C)c(Nc2ncc(F)cc2C(=O)O)c1. The maximum Gasteiger partial charge on any atom is 0.339 e. The summed E-state index contributed by atoms with van der Waals surface area (Å²) in [5, 5.41) is 12.0. The van der Waals surface area contributed by atoms with E-state index in [0.29, 0.717) is 0 Å². The number of benzene rings is 1. The lowest BCUT2D eigenvalue weighted by molar-refractivity contribution is 0.0697. The third kappa shape index (κ3) is 2.88. The second-order valence-corrected chi connectivity index (χ2v) is 4.30. The summed E-state index contributed by atoms with van der Waals surface area (Å²) in [6, 6.07) is 6.70. The molecular weight excluding hydrogens is 247 g/mol. The van der Waals surface area contributed by atoms with E-state index >= 15 is 0 Å². The highest BCUT2D eigenvalue weighted by Crippen LogP contribution is 2.23. The Balaban J connectivity index is 2.43. The number of aryl methyl sites for hydroxylation is 2. The second-order valence-electron chi connectivity index (χ2n) is 4.30. The van der Waals surface area contributed by atoms with E-state index in [4.69, 9.17) is 5.11 Å². The summed E-state index contributed by atoms with van der Waals surface area (Å²) < 4.78 is 13.0. The summed E-state index contributed by atoms with van der Waals surface area (Å²) in [5.41, 5.74) is 2.54. The van der Waals surface area contributed by atoms with Gasteiger partial charge in [-0.25, -0.2) is 14.2 Å². The minimum absolute atomic E-state index is 0.127. The first-order valence-electron chi connectivity index (χ1n) is 5.70. The van der Waals surface area contributed by atoms with Crippen molar-refractivity contribution in [3.63, 3.8) is 0 Å².